The zero-order chi connectivity index (χ0) is 12.5. The van der Waals surface area contributed by atoms with E-state index in [1.54, 1.807) is 0 Å². The highest BCUT2D eigenvalue weighted by molar-refractivity contribution is 5.46. The fourth-order valence-corrected chi connectivity index (χ4v) is 2.11. The second-order valence-corrected chi connectivity index (χ2v) is 4.58. The first-order chi connectivity index (χ1) is 8.27. The summed E-state index contributed by atoms with van der Waals surface area (Å²) >= 11 is 0. The van der Waals surface area contributed by atoms with Crippen LogP contribution in [0.4, 0.5) is 5.69 Å². The summed E-state index contributed by atoms with van der Waals surface area (Å²) in [5.41, 5.74) is 1.23. The molecule has 0 bridgehead atoms. The van der Waals surface area contributed by atoms with Crippen molar-refractivity contribution in [2.24, 2.45) is 5.92 Å². The Morgan fingerprint density at radius 3 is 2.59 bits per heavy atom. The van der Waals surface area contributed by atoms with Gasteiger partial charge in [0.25, 0.3) is 0 Å². The summed E-state index contributed by atoms with van der Waals surface area (Å²) in [5.74, 6) is 0.680. The first-order valence-electron chi connectivity index (χ1n) is 6.44. The second kappa shape index (κ2) is 7.73. The molecule has 0 aromatic heterocycles. The molecule has 17 heavy (non-hydrogen) atoms. The van der Waals surface area contributed by atoms with Gasteiger partial charge in [0.15, 0.2) is 0 Å². The number of hydrogen-bond acceptors (Lipinski definition) is 2. The van der Waals surface area contributed by atoms with Crippen molar-refractivity contribution in [3.63, 3.8) is 0 Å². The lowest BCUT2D eigenvalue weighted by atomic mass is 10.1. The summed E-state index contributed by atoms with van der Waals surface area (Å²) in [6, 6.07) is 12.6. The van der Waals surface area contributed by atoms with Crippen molar-refractivity contribution in [1.29, 1.82) is 5.26 Å². The smallest absolute Gasteiger partial charge is 0.0640 e. The van der Waals surface area contributed by atoms with Crippen LogP contribution in [0.2, 0.25) is 0 Å². The lowest BCUT2D eigenvalue weighted by molar-refractivity contribution is 0.513. The van der Waals surface area contributed by atoms with E-state index in [9.17, 15) is 0 Å². The molecule has 1 rings (SSSR count). The molecule has 92 valence electrons. The van der Waals surface area contributed by atoms with Crippen molar-refractivity contribution in [1.82, 2.24) is 0 Å². The fourth-order valence-electron chi connectivity index (χ4n) is 2.11. The molecule has 0 N–H and O–H groups in total. The monoisotopic (exact) mass is 230 g/mol. The minimum Gasteiger partial charge on any atom is -0.370 e. The van der Waals surface area contributed by atoms with E-state index >= 15 is 0 Å². The summed E-state index contributed by atoms with van der Waals surface area (Å²) < 4.78 is 0. The molecular formula is C15H22N2. The van der Waals surface area contributed by atoms with Gasteiger partial charge in [-0.05, 0) is 24.5 Å². The van der Waals surface area contributed by atoms with Crippen molar-refractivity contribution >= 4 is 5.69 Å². The lowest BCUT2D eigenvalue weighted by Gasteiger charge is -2.27. The van der Waals surface area contributed by atoms with E-state index in [-0.39, 0.29) is 0 Å². The number of nitrogens with zero attached hydrogens (tertiary/aromatic N) is 2. The van der Waals surface area contributed by atoms with Crippen LogP contribution in [0.25, 0.3) is 0 Å². The predicted octanol–water partition coefficient (Wildman–Crippen LogP) is 3.84. The van der Waals surface area contributed by atoms with Crippen LogP contribution in [0.5, 0.6) is 0 Å². The first-order valence-corrected chi connectivity index (χ1v) is 6.44. The van der Waals surface area contributed by atoms with Gasteiger partial charge in [-0.2, -0.15) is 5.26 Å². The zero-order valence-corrected chi connectivity index (χ0v) is 10.9. The zero-order valence-electron chi connectivity index (χ0n) is 10.9. The molecule has 0 saturated carbocycles. The van der Waals surface area contributed by atoms with Gasteiger partial charge in [-0.15, -0.1) is 0 Å². The van der Waals surface area contributed by atoms with Crippen LogP contribution in [-0.4, -0.2) is 13.1 Å². The van der Waals surface area contributed by atoms with E-state index in [1.807, 2.05) is 6.07 Å². The van der Waals surface area contributed by atoms with Crippen molar-refractivity contribution in [2.75, 3.05) is 18.0 Å². The molecule has 2 heteroatoms. The van der Waals surface area contributed by atoms with Crippen LogP contribution in [0, 0.1) is 17.2 Å². The molecule has 0 saturated heterocycles. The Labute approximate surface area is 105 Å². The molecular weight excluding hydrogens is 208 g/mol. The highest BCUT2D eigenvalue weighted by atomic mass is 15.1. The number of anilines is 1. The Morgan fingerprint density at radius 2 is 2.00 bits per heavy atom. The van der Waals surface area contributed by atoms with Gasteiger partial charge in [-0.3, -0.25) is 0 Å². The number of benzene rings is 1. The number of para-hydroxylation sites is 1. The van der Waals surface area contributed by atoms with E-state index in [0.717, 1.165) is 13.1 Å². The van der Waals surface area contributed by atoms with Gasteiger partial charge in [0.05, 0.1) is 12.5 Å². The SMILES string of the molecule is CCCC(C)CN(CCC#N)c1ccccc1. The normalized spacial score (nSPS) is 11.8. The van der Waals surface area contributed by atoms with Crippen LogP contribution >= 0.6 is 0 Å². The molecule has 1 aromatic carbocycles. The molecule has 1 unspecified atom stereocenters. The summed E-state index contributed by atoms with van der Waals surface area (Å²) in [7, 11) is 0. The molecule has 0 fully saturated rings. The van der Waals surface area contributed by atoms with Gasteiger partial charge < -0.3 is 4.90 Å². The Morgan fingerprint density at radius 1 is 1.29 bits per heavy atom. The molecule has 1 aromatic rings. The van der Waals surface area contributed by atoms with Gasteiger partial charge >= 0.3 is 0 Å². The molecule has 0 aliphatic carbocycles. The topological polar surface area (TPSA) is 27.0 Å². The third kappa shape index (κ3) is 4.91. The van der Waals surface area contributed by atoms with Gasteiger partial charge in [-0.25, -0.2) is 0 Å². The minimum atomic E-state index is 0.591. The van der Waals surface area contributed by atoms with Gasteiger partial charge in [0.1, 0.15) is 0 Å². The third-order valence-corrected chi connectivity index (χ3v) is 2.93. The highest BCUT2D eigenvalue weighted by Gasteiger charge is 2.09. The first kappa shape index (κ1) is 13.6. The second-order valence-electron chi connectivity index (χ2n) is 4.58. The van der Waals surface area contributed by atoms with Crippen LogP contribution in [0.3, 0.4) is 0 Å². The molecule has 0 spiro atoms. The van der Waals surface area contributed by atoms with Crippen LogP contribution in [0.15, 0.2) is 30.3 Å². The lowest BCUT2D eigenvalue weighted by Crippen LogP contribution is -2.29. The van der Waals surface area contributed by atoms with Crippen molar-refractivity contribution < 1.29 is 0 Å². The molecule has 0 amide bonds. The van der Waals surface area contributed by atoms with E-state index in [0.29, 0.717) is 12.3 Å². The van der Waals surface area contributed by atoms with Gasteiger partial charge in [0, 0.05) is 18.8 Å². The number of hydrogen-bond donors (Lipinski definition) is 0. The Balaban J connectivity index is 2.64. The predicted molar refractivity (Wildman–Crippen MR) is 73.0 cm³/mol. The Hall–Kier alpha value is -1.49. The van der Waals surface area contributed by atoms with Gasteiger partial charge in [0.2, 0.25) is 0 Å². The summed E-state index contributed by atoms with van der Waals surface area (Å²) in [6.07, 6.45) is 3.06. The van der Waals surface area contributed by atoms with Crippen molar-refractivity contribution in [3.05, 3.63) is 30.3 Å². The average Bonchev–Trinajstić information content (AvgIpc) is 2.36. The average molecular weight is 230 g/mol. The minimum absolute atomic E-state index is 0.591. The fraction of sp³-hybridized carbons (Fsp3) is 0.533. The summed E-state index contributed by atoms with van der Waals surface area (Å²) in [6.45, 7) is 6.37. The summed E-state index contributed by atoms with van der Waals surface area (Å²) in [5, 5.41) is 8.72. The standard InChI is InChI=1S/C15H22N2/c1-3-8-14(2)13-17(12-7-11-16)15-9-5-4-6-10-15/h4-6,9-10,14H,3,7-8,12-13H2,1-2H3. The van der Waals surface area contributed by atoms with Crippen LogP contribution in [0.1, 0.15) is 33.1 Å². The van der Waals surface area contributed by atoms with Crippen molar-refractivity contribution in [3.8, 4) is 6.07 Å². The molecule has 2 nitrogen and oxygen atoms in total. The maximum Gasteiger partial charge on any atom is 0.0640 e. The quantitative estimate of drug-likeness (QED) is 0.711. The highest BCUT2D eigenvalue weighted by Crippen LogP contribution is 2.17. The van der Waals surface area contributed by atoms with Crippen molar-refractivity contribution in [2.45, 2.75) is 33.1 Å². The molecule has 0 aliphatic heterocycles. The maximum absolute atomic E-state index is 8.72. The van der Waals surface area contributed by atoms with E-state index < -0.39 is 0 Å². The molecule has 0 radical (unpaired) electrons. The van der Waals surface area contributed by atoms with Crippen LogP contribution in [-0.2, 0) is 0 Å². The van der Waals surface area contributed by atoms with E-state index in [1.165, 1.54) is 18.5 Å². The number of nitriles is 1. The Bertz CT molecular complexity index is 340. The third-order valence-electron chi connectivity index (χ3n) is 2.93. The molecule has 1 atom stereocenters. The Kier molecular flexibility index (Phi) is 6.17. The van der Waals surface area contributed by atoms with Gasteiger partial charge in [-0.1, -0.05) is 38.5 Å². The molecule has 0 aliphatic rings. The molecule has 0 heterocycles. The van der Waals surface area contributed by atoms with Crippen LogP contribution < -0.4 is 4.90 Å². The number of rotatable bonds is 7. The van der Waals surface area contributed by atoms with E-state index in [4.69, 9.17) is 5.26 Å². The maximum atomic E-state index is 8.72. The van der Waals surface area contributed by atoms with E-state index in [2.05, 4.69) is 49.1 Å². The summed E-state index contributed by atoms with van der Waals surface area (Å²) in [4.78, 5) is 2.32. The largest absolute Gasteiger partial charge is 0.370 e.